The highest BCUT2D eigenvalue weighted by atomic mass is 19.1. The van der Waals surface area contributed by atoms with Gasteiger partial charge in [-0.1, -0.05) is 13.8 Å². The van der Waals surface area contributed by atoms with Crippen molar-refractivity contribution in [2.45, 2.75) is 26.3 Å². The average molecular weight is 296 g/mol. The number of benzene rings is 1. The van der Waals surface area contributed by atoms with Gasteiger partial charge >= 0.3 is 0 Å². The fraction of sp³-hybridized carbons (Fsp3) is 0.562. The van der Waals surface area contributed by atoms with Crippen LogP contribution in [0.3, 0.4) is 0 Å². The van der Waals surface area contributed by atoms with Gasteiger partial charge in [-0.15, -0.1) is 0 Å². The van der Waals surface area contributed by atoms with E-state index in [-0.39, 0.29) is 17.5 Å². The summed E-state index contributed by atoms with van der Waals surface area (Å²) in [7, 11) is 5.37. The number of likely N-dealkylation sites (N-methyl/N-ethyl adjacent to an activating group) is 1. The number of carbonyl (C=O) groups excluding carboxylic acids is 1. The Kier molecular flexibility index (Phi) is 6.62. The van der Waals surface area contributed by atoms with Crippen LogP contribution in [-0.4, -0.2) is 44.6 Å². The van der Waals surface area contributed by atoms with E-state index in [1.807, 2.05) is 19.0 Å². The van der Waals surface area contributed by atoms with Gasteiger partial charge in [-0.25, -0.2) is 4.39 Å². The first-order valence-corrected chi connectivity index (χ1v) is 7.12. The van der Waals surface area contributed by atoms with Gasteiger partial charge in [-0.3, -0.25) is 4.79 Å². The number of hydrogen-bond donors (Lipinski definition) is 1. The van der Waals surface area contributed by atoms with Crippen molar-refractivity contribution in [3.8, 4) is 5.75 Å². The molecule has 0 spiro atoms. The summed E-state index contributed by atoms with van der Waals surface area (Å²) in [4.78, 5) is 14.2. The lowest BCUT2D eigenvalue weighted by molar-refractivity contribution is 0.0920. The van der Waals surface area contributed by atoms with Crippen LogP contribution >= 0.6 is 0 Å². The standard InChI is InChI=1S/C16H25FN2O2/c1-11(2)8-12(10-19(3)4)18-16(20)14-7-6-13(21-5)9-15(14)17/h6-7,9,11-12H,8,10H2,1-5H3,(H,18,20). The minimum atomic E-state index is -0.569. The molecule has 0 aliphatic carbocycles. The Hall–Kier alpha value is -1.62. The number of nitrogens with zero attached hydrogens (tertiary/aromatic N) is 1. The Bertz CT molecular complexity index is 465. The molecule has 1 atom stereocenters. The third-order valence-electron chi connectivity index (χ3n) is 3.10. The van der Waals surface area contributed by atoms with E-state index in [9.17, 15) is 9.18 Å². The maximum atomic E-state index is 13.9. The van der Waals surface area contributed by atoms with Gasteiger partial charge in [0, 0.05) is 18.7 Å². The van der Waals surface area contributed by atoms with Gasteiger partial charge in [0.2, 0.25) is 0 Å². The van der Waals surface area contributed by atoms with E-state index < -0.39 is 5.82 Å². The highest BCUT2D eigenvalue weighted by molar-refractivity contribution is 5.94. The maximum absolute atomic E-state index is 13.9. The number of hydrogen-bond acceptors (Lipinski definition) is 3. The van der Waals surface area contributed by atoms with Crippen molar-refractivity contribution >= 4 is 5.91 Å². The molecule has 0 aliphatic heterocycles. The average Bonchev–Trinajstić information content (AvgIpc) is 2.36. The Morgan fingerprint density at radius 2 is 2.05 bits per heavy atom. The third kappa shape index (κ3) is 5.71. The van der Waals surface area contributed by atoms with Gasteiger partial charge in [0.1, 0.15) is 11.6 Å². The highest BCUT2D eigenvalue weighted by Crippen LogP contribution is 2.16. The molecule has 0 fully saturated rings. The summed E-state index contributed by atoms with van der Waals surface area (Å²) in [5.41, 5.74) is 0.0447. The molecule has 5 heteroatoms. The minimum Gasteiger partial charge on any atom is -0.497 e. The van der Waals surface area contributed by atoms with Gasteiger partial charge in [0.25, 0.3) is 5.91 Å². The topological polar surface area (TPSA) is 41.6 Å². The lowest BCUT2D eigenvalue weighted by Gasteiger charge is -2.24. The van der Waals surface area contributed by atoms with Crippen molar-refractivity contribution in [1.82, 2.24) is 10.2 Å². The minimum absolute atomic E-state index is 0.00555. The summed E-state index contributed by atoms with van der Waals surface area (Å²) in [6, 6.07) is 4.25. The van der Waals surface area contributed by atoms with E-state index >= 15 is 0 Å². The Morgan fingerprint density at radius 1 is 1.38 bits per heavy atom. The molecule has 4 nitrogen and oxygen atoms in total. The first-order chi connectivity index (χ1) is 9.83. The van der Waals surface area contributed by atoms with Crippen molar-refractivity contribution in [3.63, 3.8) is 0 Å². The summed E-state index contributed by atoms with van der Waals surface area (Å²) in [5, 5.41) is 2.91. The van der Waals surface area contributed by atoms with Crippen molar-refractivity contribution in [1.29, 1.82) is 0 Å². The summed E-state index contributed by atoms with van der Waals surface area (Å²) in [5.74, 6) is -0.102. The second-order valence-electron chi connectivity index (χ2n) is 5.91. The molecule has 1 rings (SSSR count). The molecule has 0 aromatic heterocycles. The largest absolute Gasteiger partial charge is 0.497 e. The SMILES string of the molecule is COc1ccc(C(=O)NC(CC(C)C)CN(C)C)c(F)c1. The molecule has 0 aliphatic rings. The van der Waals surface area contributed by atoms with Gasteiger partial charge in [0.05, 0.1) is 12.7 Å². The molecule has 1 N–H and O–H groups in total. The normalized spacial score (nSPS) is 12.6. The van der Waals surface area contributed by atoms with Crippen molar-refractivity contribution in [3.05, 3.63) is 29.6 Å². The predicted molar refractivity (Wildman–Crippen MR) is 82.2 cm³/mol. The molecule has 1 aromatic carbocycles. The van der Waals surface area contributed by atoms with Crippen LogP contribution in [0, 0.1) is 11.7 Å². The predicted octanol–water partition coefficient (Wildman–Crippen LogP) is 2.54. The molecule has 1 aromatic rings. The Balaban J connectivity index is 2.81. The Labute approximate surface area is 126 Å². The number of methoxy groups -OCH3 is 1. The number of amides is 1. The van der Waals surface area contributed by atoms with E-state index in [4.69, 9.17) is 4.74 Å². The molecule has 0 saturated heterocycles. The lowest BCUT2D eigenvalue weighted by atomic mass is 10.0. The van der Waals surface area contributed by atoms with Crippen LogP contribution in [0.15, 0.2) is 18.2 Å². The molecule has 0 saturated carbocycles. The van der Waals surface area contributed by atoms with E-state index in [1.165, 1.54) is 19.2 Å². The number of ether oxygens (including phenoxy) is 1. The third-order valence-corrected chi connectivity index (χ3v) is 3.10. The van der Waals surface area contributed by atoms with Crippen molar-refractivity contribution in [2.24, 2.45) is 5.92 Å². The van der Waals surface area contributed by atoms with Crippen molar-refractivity contribution < 1.29 is 13.9 Å². The van der Waals surface area contributed by atoms with Gasteiger partial charge in [-0.2, -0.15) is 0 Å². The first kappa shape index (κ1) is 17.4. The molecule has 118 valence electrons. The molecule has 0 radical (unpaired) electrons. The van der Waals surface area contributed by atoms with Gasteiger partial charge < -0.3 is 15.0 Å². The quantitative estimate of drug-likeness (QED) is 0.840. The van der Waals surface area contributed by atoms with Crippen LogP contribution in [-0.2, 0) is 0 Å². The molecule has 1 amide bonds. The number of nitrogens with one attached hydrogen (secondary N) is 1. The first-order valence-electron chi connectivity index (χ1n) is 7.12. The monoisotopic (exact) mass is 296 g/mol. The zero-order valence-corrected chi connectivity index (χ0v) is 13.4. The van der Waals surface area contributed by atoms with Crippen molar-refractivity contribution in [2.75, 3.05) is 27.7 Å². The molecule has 0 heterocycles. The van der Waals surface area contributed by atoms with E-state index in [2.05, 4.69) is 19.2 Å². The smallest absolute Gasteiger partial charge is 0.254 e. The van der Waals surface area contributed by atoms with Crippen LogP contribution in [0.1, 0.15) is 30.6 Å². The number of halogens is 1. The van der Waals surface area contributed by atoms with Crippen LogP contribution in [0.25, 0.3) is 0 Å². The molecule has 1 unspecified atom stereocenters. The summed E-state index contributed by atoms with van der Waals surface area (Å²) < 4.78 is 18.8. The maximum Gasteiger partial charge on any atom is 0.254 e. The van der Waals surface area contributed by atoms with E-state index in [0.29, 0.717) is 11.7 Å². The Morgan fingerprint density at radius 3 is 2.52 bits per heavy atom. The molecular weight excluding hydrogens is 271 g/mol. The second kappa shape index (κ2) is 7.98. The summed E-state index contributed by atoms with van der Waals surface area (Å²) in [6.07, 6.45) is 0.849. The summed E-state index contributed by atoms with van der Waals surface area (Å²) >= 11 is 0. The molecule has 21 heavy (non-hydrogen) atoms. The second-order valence-corrected chi connectivity index (χ2v) is 5.91. The van der Waals surface area contributed by atoms with E-state index in [1.54, 1.807) is 6.07 Å². The van der Waals surface area contributed by atoms with Crippen LogP contribution in [0.4, 0.5) is 4.39 Å². The highest BCUT2D eigenvalue weighted by Gasteiger charge is 2.18. The van der Waals surface area contributed by atoms with Gasteiger partial charge in [-0.05, 0) is 38.6 Å². The van der Waals surface area contributed by atoms with Crippen LogP contribution in [0.5, 0.6) is 5.75 Å². The zero-order valence-electron chi connectivity index (χ0n) is 13.4. The van der Waals surface area contributed by atoms with Crippen LogP contribution in [0.2, 0.25) is 0 Å². The molecular formula is C16H25FN2O2. The zero-order chi connectivity index (χ0) is 16.0. The van der Waals surface area contributed by atoms with Gasteiger partial charge in [0.15, 0.2) is 0 Å². The summed E-state index contributed by atoms with van der Waals surface area (Å²) in [6.45, 7) is 4.92. The fourth-order valence-corrected chi connectivity index (χ4v) is 2.26. The number of rotatable bonds is 7. The molecule has 0 bridgehead atoms. The fourth-order valence-electron chi connectivity index (χ4n) is 2.26. The lowest BCUT2D eigenvalue weighted by Crippen LogP contribution is -2.42. The van der Waals surface area contributed by atoms with E-state index in [0.717, 1.165) is 13.0 Å². The van der Waals surface area contributed by atoms with Crippen LogP contribution < -0.4 is 10.1 Å². The number of carbonyl (C=O) groups is 1.